The fourth-order valence-corrected chi connectivity index (χ4v) is 3.49. The lowest BCUT2D eigenvalue weighted by Gasteiger charge is -2.24. The molecule has 2 aliphatic rings. The summed E-state index contributed by atoms with van der Waals surface area (Å²) in [5.74, 6) is -0.111. The third-order valence-electron chi connectivity index (χ3n) is 4.76. The summed E-state index contributed by atoms with van der Waals surface area (Å²) in [6.07, 6.45) is 6.15. The summed E-state index contributed by atoms with van der Waals surface area (Å²) in [5, 5.41) is 3.15. The maximum Gasteiger partial charge on any atom is 0.227 e. The number of carbonyl (C=O) groups excluding carboxylic acids is 2. The molecule has 1 aliphatic heterocycles. The molecule has 1 aliphatic carbocycles. The number of rotatable bonds is 3. The number of nitrogens with zero attached hydrogens (tertiary/aromatic N) is 1. The number of anilines is 1. The highest BCUT2D eigenvalue weighted by Crippen LogP contribution is 2.26. The van der Waals surface area contributed by atoms with Gasteiger partial charge in [-0.2, -0.15) is 0 Å². The quantitative estimate of drug-likeness (QED) is 0.933. The number of nitrogens with one attached hydrogen (secondary N) is 1. The number of hydrogen-bond acceptors (Lipinski definition) is 2. The first-order valence-corrected chi connectivity index (χ1v) is 8.31. The second-order valence-electron chi connectivity index (χ2n) is 6.59. The van der Waals surface area contributed by atoms with Crippen molar-refractivity contribution in [2.24, 2.45) is 5.92 Å². The Labute approximate surface area is 131 Å². The van der Waals surface area contributed by atoms with E-state index in [4.69, 9.17) is 0 Å². The van der Waals surface area contributed by atoms with Crippen LogP contribution < -0.4 is 10.2 Å². The van der Waals surface area contributed by atoms with E-state index in [0.29, 0.717) is 19.0 Å². The Balaban J connectivity index is 1.62. The Morgan fingerprint density at radius 3 is 2.73 bits per heavy atom. The summed E-state index contributed by atoms with van der Waals surface area (Å²) < 4.78 is 0. The second kappa shape index (κ2) is 6.51. The van der Waals surface area contributed by atoms with E-state index in [9.17, 15) is 9.59 Å². The highest BCUT2D eigenvalue weighted by molar-refractivity contribution is 6.00. The van der Waals surface area contributed by atoms with Crippen molar-refractivity contribution in [1.29, 1.82) is 0 Å². The molecule has 1 aromatic rings. The predicted molar refractivity (Wildman–Crippen MR) is 86.7 cm³/mol. The highest BCUT2D eigenvalue weighted by atomic mass is 16.2. The van der Waals surface area contributed by atoms with Crippen molar-refractivity contribution in [2.45, 2.75) is 51.5 Å². The number of aryl methyl sites for hydroxylation is 1. The number of benzene rings is 1. The van der Waals surface area contributed by atoms with Crippen molar-refractivity contribution >= 4 is 17.5 Å². The van der Waals surface area contributed by atoms with E-state index < -0.39 is 0 Å². The van der Waals surface area contributed by atoms with Crippen LogP contribution in [0, 0.1) is 12.8 Å². The summed E-state index contributed by atoms with van der Waals surface area (Å²) in [6, 6.07) is 8.21. The van der Waals surface area contributed by atoms with Crippen molar-refractivity contribution in [2.75, 3.05) is 11.4 Å². The zero-order valence-corrected chi connectivity index (χ0v) is 13.2. The van der Waals surface area contributed by atoms with E-state index in [-0.39, 0.29) is 17.7 Å². The fourth-order valence-electron chi connectivity index (χ4n) is 3.49. The SMILES string of the molecule is Cc1cccc(N2C[C@@H](C(=O)NC3CCCCC3)CC2=O)c1. The molecule has 1 aromatic carbocycles. The van der Waals surface area contributed by atoms with E-state index in [2.05, 4.69) is 5.32 Å². The van der Waals surface area contributed by atoms with Gasteiger partial charge in [-0.3, -0.25) is 9.59 Å². The summed E-state index contributed by atoms with van der Waals surface area (Å²) in [7, 11) is 0. The molecule has 3 rings (SSSR count). The molecule has 2 amide bonds. The van der Waals surface area contributed by atoms with E-state index in [1.165, 1.54) is 19.3 Å². The molecule has 1 saturated carbocycles. The van der Waals surface area contributed by atoms with Crippen LogP contribution in [0.5, 0.6) is 0 Å². The average molecular weight is 300 g/mol. The molecule has 0 radical (unpaired) electrons. The van der Waals surface area contributed by atoms with Gasteiger partial charge in [0.1, 0.15) is 0 Å². The molecule has 1 heterocycles. The van der Waals surface area contributed by atoms with E-state index in [1.54, 1.807) is 4.90 Å². The largest absolute Gasteiger partial charge is 0.353 e. The lowest BCUT2D eigenvalue weighted by Crippen LogP contribution is -2.40. The third kappa shape index (κ3) is 3.32. The van der Waals surface area contributed by atoms with Crippen molar-refractivity contribution in [1.82, 2.24) is 5.32 Å². The molecule has 4 nitrogen and oxygen atoms in total. The second-order valence-corrected chi connectivity index (χ2v) is 6.59. The first-order valence-electron chi connectivity index (χ1n) is 8.31. The van der Waals surface area contributed by atoms with Gasteiger partial charge in [-0.1, -0.05) is 31.4 Å². The van der Waals surface area contributed by atoms with Crippen LogP contribution in [-0.2, 0) is 9.59 Å². The van der Waals surface area contributed by atoms with Crippen LogP contribution >= 0.6 is 0 Å². The van der Waals surface area contributed by atoms with Gasteiger partial charge in [0.25, 0.3) is 0 Å². The molecule has 22 heavy (non-hydrogen) atoms. The first-order chi connectivity index (χ1) is 10.6. The van der Waals surface area contributed by atoms with Gasteiger partial charge in [0.05, 0.1) is 5.92 Å². The van der Waals surface area contributed by atoms with Gasteiger partial charge < -0.3 is 10.2 Å². The van der Waals surface area contributed by atoms with Crippen LogP contribution in [0.25, 0.3) is 0 Å². The summed E-state index contributed by atoms with van der Waals surface area (Å²) in [5.41, 5.74) is 2.03. The zero-order chi connectivity index (χ0) is 15.5. The standard InChI is InChI=1S/C18H24N2O2/c1-13-6-5-9-16(10-13)20-12-14(11-17(20)21)18(22)19-15-7-3-2-4-8-15/h5-6,9-10,14-15H,2-4,7-8,11-12H2,1H3,(H,19,22)/t14-/m0/s1. The number of hydrogen-bond donors (Lipinski definition) is 1. The van der Waals surface area contributed by atoms with E-state index in [0.717, 1.165) is 24.1 Å². The molecule has 1 saturated heterocycles. The smallest absolute Gasteiger partial charge is 0.227 e. The zero-order valence-electron chi connectivity index (χ0n) is 13.2. The molecule has 1 atom stereocenters. The molecule has 2 fully saturated rings. The molecule has 0 bridgehead atoms. The van der Waals surface area contributed by atoms with Gasteiger partial charge in [-0.25, -0.2) is 0 Å². The Hall–Kier alpha value is -1.84. The average Bonchev–Trinajstić information content (AvgIpc) is 2.90. The van der Waals surface area contributed by atoms with Crippen LogP contribution in [0.3, 0.4) is 0 Å². The predicted octanol–water partition coefficient (Wildman–Crippen LogP) is 2.80. The van der Waals surface area contributed by atoms with Crippen LogP contribution in [0.15, 0.2) is 24.3 Å². The minimum absolute atomic E-state index is 0.0504. The van der Waals surface area contributed by atoms with Crippen molar-refractivity contribution in [3.8, 4) is 0 Å². The van der Waals surface area contributed by atoms with E-state index in [1.807, 2.05) is 31.2 Å². The van der Waals surface area contributed by atoms with E-state index >= 15 is 0 Å². The normalized spacial score (nSPS) is 22.9. The molecule has 4 heteroatoms. The molecule has 0 spiro atoms. The van der Waals surface area contributed by atoms with Crippen molar-refractivity contribution < 1.29 is 9.59 Å². The summed E-state index contributed by atoms with van der Waals surface area (Å²) in [6.45, 7) is 2.51. The monoisotopic (exact) mass is 300 g/mol. The van der Waals surface area contributed by atoms with Crippen LogP contribution in [-0.4, -0.2) is 24.4 Å². The minimum Gasteiger partial charge on any atom is -0.353 e. The molecular weight excluding hydrogens is 276 g/mol. The van der Waals surface area contributed by atoms with Crippen molar-refractivity contribution in [3.63, 3.8) is 0 Å². The fraction of sp³-hybridized carbons (Fsp3) is 0.556. The summed E-state index contributed by atoms with van der Waals surface area (Å²) in [4.78, 5) is 26.4. The van der Waals surface area contributed by atoms with Crippen LogP contribution in [0.1, 0.15) is 44.1 Å². The summed E-state index contributed by atoms with van der Waals surface area (Å²) >= 11 is 0. The van der Waals surface area contributed by atoms with Gasteiger partial charge >= 0.3 is 0 Å². The minimum atomic E-state index is -0.213. The highest BCUT2D eigenvalue weighted by Gasteiger charge is 2.35. The number of amides is 2. The Kier molecular flexibility index (Phi) is 4.46. The molecule has 1 N–H and O–H groups in total. The Bertz CT molecular complexity index is 564. The molecule has 0 unspecified atom stereocenters. The lowest BCUT2D eigenvalue weighted by atomic mass is 9.95. The van der Waals surface area contributed by atoms with Crippen LogP contribution in [0.4, 0.5) is 5.69 Å². The maximum absolute atomic E-state index is 12.4. The molecule has 118 valence electrons. The van der Waals surface area contributed by atoms with Crippen molar-refractivity contribution in [3.05, 3.63) is 29.8 Å². The van der Waals surface area contributed by atoms with Gasteiger partial charge in [-0.15, -0.1) is 0 Å². The third-order valence-corrected chi connectivity index (χ3v) is 4.76. The van der Waals surface area contributed by atoms with Gasteiger partial charge in [-0.05, 0) is 37.5 Å². The van der Waals surface area contributed by atoms with Crippen LogP contribution in [0.2, 0.25) is 0 Å². The van der Waals surface area contributed by atoms with Gasteiger partial charge in [0, 0.05) is 24.7 Å². The topological polar surface area (TPSA) is 49.4 Å². The number of carbonyl (C=O) groups is 2. The molecule has 0 aromatic heterocycles. The Morgan fingerprint density at radius 1 is 1.23 bits per heavy atom. The van der Waals surface area contributed by atoms with Gasteiger partial charge in [0.2, 0.25) is 11.8 Å². The van der Waals surface area contributed by atoms with Gasteiger partial charge in [0.15, 0.2) is 0 Å². The lowest BCUT2D eigenvalue weighted by molar-refractivity contribution is -0.127. The Morgan fingerprint density at radius 2 is 2.00 bits per heavy atom. The first kappa shape index (κ1) is 15.1. The molecular formula is C18H24N2O2. The maximum atomic E-state index is 12.4.